The van der Waals surface area contributed by atoms with Gasteiger partial charge in [0.2, 0.25) is 17.7 Å². The maximum absolute atomic E-state index is 14.8. The number of ether oxygens (including phenoxy) is 2. The molecule has 1 aliphatic heterocycles. The molecule has 6 rings (SSSR count). The highest BCUT2D eigenvalue weighted by Gasteiger charge is 2.52. The number of hydrogen-bond donors (Lipinski definition) is 4. The molecule has 3 heterocycles. The van der Waals surface area contributed by atoms with E-state index in [-0.39, 0.29) is 23.7 Å². The molecule has 4 atom stereocenters. The Morgan fingerprint density at radius 1 is 0.821 bits per heavy atom. The lowest BCUT2D eigenvalue weighted by molar-refractivity contribution is -0.141. The van der Waals surface area contributed by atoms with Crippen molar-refractivity contribution in [1.82, 2.24) is 40.6 Å². The number of hydrazine groups is 1. The summed E-state index contributed by atoms with van der Waals surface area (Å²) < 4.78 is 38.9. The average molecular weight is 775 g/mol. The van der Waals surface area contributed by atoms with Crippen LogP contribution >= 0.6 is 0 Å². The van der Waals surface area contributed by atoms with Gasteiger partial charge in [0.05, 0.1) is 50.0 Å². The number of rotatable bonds is 10. The molecule has 2 fully saturated rings. The zero-order valence-corrected chi connectivity index (χ0v) is 32.3. The number of alkyl carbamates (subject to hydrolysis) is 1. The number of H-pyrrole nitrogens is 2. The third-order valence-electron chi connectivity index (χ3n) is 10.5. The molecule has 0 spiro atoms. The van der Waals surface area contributed by atoms with Crippen molar-refractivity contribution in [2.45, 2.75) is 83.3 Å². The van der Waals surface area contributed by atoms with E-state index in [9.17, 15) is 28.0 Å². The van der Waals surface area contributed by atoms with E-state index >= 15 is 0 Å². The van der Waals surface area contributed by atoms with Gasteiger partial charge in [-0.25, -0.2) is 38.8 Å². The quantitative estimate of drug-likeness (QED) is 0.127. The van der Waals surface area contributed by atoms with Gasteiger partial charge in [-0.05, 0) is 54.9 Å². The smallest absolute Gasteiger partial charge is 0.425 e. The zero-order chi connectivity index (χ0) is 40.3. The number of imidazole rings is 2. The Kier molecular flexibility index (Phi) is 11.8. The summed E-state index contributed by atoms with van der Waals surface area (Å²) in [7, 11) is 2.43. The molecule has 1 saturated carbocycles. The van der Waals surface area contributed by atoms with E-state index < -0.39 is 60.8 Å². The molecule has 4 N–H and O–H groups in total. The molecule has 4 amide bonds. The van der Waals surface area contributed by atoms with Crippen LogP contribution in [0.4, 0.5) is 18.4 Å². The minimum Gasteiger partial charge on any atom is -0.453 e. The van der Waals surface area contributed by atoms with Crippen LogP contribution in [0.5, 0.6) is 0 Å². The van der Waals surface area contributed by atoms with Gasteiger partial charge in [0, 0.05) is 31.3 Å². The third-order valence-corrected chi connectivity index (χ3v) is 10.5. The fourth-order valence-corrected chi connectivity index (χ4v) is 7.52. The van der Waals surface area contributed by atoms with Gasteiger partial charge in [-0.3, -0.25) is 9.59 Å². The van der Waals surface area contributed by atoms with Gasteiger partial charge < -0.3 is 29.7 Å². The summed E-state index contributed by atoms with van der Waals surface area (Å²) in [6.45, 7) is 7.66. The highest BCUT2D eigenvalue weighted by Crippen LogP contribution is 2.48. The van der Waals surface area contributed by atoms with E-state index in [1.54, 1.807) is 31.1 Å². The summed E-state index contributed by atoms with van der Waals surface area (Å²) in [5.41, 5.74) is 7.42. The van der Waals surface area contributed by atoms with Crippen molar-refractivity contribution in [3.8, 4) is 33.6 Å². The lowest BCUT2D eigenvalue weighted by Crippen LogP contribution is -2.52. The van der Waals surface area contributed by atoms with E-state index in [0.29, 0.717) is 18.1 Å². The third kappa shape index (κ3) is 8.53. The molecule has 2 unspecified atom stereocenters. The van der Waals surface area contributed by atoms with Crippen LogP contribution in [0.15, 0.2) is 60.9 Å². The van der Waals surface area contributed by atoms with Gasteiger partial charge >= 0.3 is 12.2 Å². The van der Waals surface area contributed by atoms with E-state index in [1.807, 2.05) is 62.4 Å². The largest absolute Gasteiger partial charge is 0.453 e. The molecular weight excluding hydrogens is 726 g/mol. The summed E-state index contributed by atoms with van der Waals surface area (Å²) in [4.78, 5) is 68.2. The normalized spacial score (nSPS) is 19.5. The molecular formula is C40H48F2N8O6. The first-order chi connectivity index (χ1) is 26.7. The Hall–Kier alpha value is -5.80. The predicted octanol–water partition coefficient (Wildman–Crippen LogP) is 6.81. The van der Waals surface area contributed by atoms with Gasteiger partial charge in [0.1, 0.15) is 17.7 Å². The van der Waals surface area contributed by atoms with Gasteiger partial charge in [0.15, 0.2) is 0 Å². The molecule has 0 bridgehead atoms. The standard InChI is InChI=1S/C40H48F2N8O6/c1-22(2)33(47-38(53)55-5)37(52)49-17-7-8-32(49)35-44-21-31(46-35)27-15-11-25(12-16-27)24-9-13-26(14-10-24)30-20-43-34(45-30)28-18-40(41,42)19-29(28)36(51)50(23(3)4)48-39(54)56-6/h9-16,20-23,28-29,32-33H,7-8,17-19H2,1-6H3,(H,43,45)(H,44,46)(H,47,53)(H,48,54)/t28?,29?,32-,33-/m0/s1. The van der Waals surface area contributed by atoms with Crippen molar-refractivity contribution in [3.63, 3.8) is 0 Å². The van der Waals surface area contributed by atoms with E-state index in [1.165, 1.54) is 7.11 Å². The molecule has 14 nitrogen and oxygen atoms in total. The number of hydrogen-bond acceptors (Lipinski definition) is 8. The molecule has 1 aliphatic carbocycles. The van der Waals surface area contributed by atoms with Gasteiger partial charge in [-0.1, -0.05) is 62.4 Å². The number of nitrogens with one attached hydrogen (secondary N) is 4. The molecule has 1 saturated heterocycles. The summed E-state index contributed by atoms with van der Waals surface area (Å²) >= 11 is 0. The van der Waals surface area contributed by atoms with Crippen LogP contribution in [0.25, 0.3) is 33.6 Å². The first kappa shape index (κ1) is 39.9. The van der Waals surface area contributed by atoms with Crippen LogP contribution in [0, 0.1) is 11.8 Å². The summed E-state index contributed by atoms with van der Waals surface area (Å²) in [5, 5.41) is 3.71. The second-order valence-electron chi connectivity index (χ2n) is 14.9. The fraction of sp³-hybridized carbons (Fsp3) is 0.450. The van der Waals surface area contributed by atoms with Crippen LogP contribution in [0.2, 0.25) is 0 Å². The molecule has 2 aromatic heterocycles. The maximum Gasteiger partial charge on any atom is 0.425 e. The van der Waals surface area contributed by atoms with E-state index in [0.717, 1.165) is 52.9 Å². The molecule has 16 heteroatoms. The monoisotopic (exact) mass is 774 g/mol. The number of likely N-dealkylation sites (tertiary alicyclic amines) is 1. The van der Waals surface area contributed by atoms with E-state index in [4.69, 9.17) is 4.74 Å². The number of carbonyl (C=O) groups is 4. The fourth-order valence-electron chi connectivity index (χ4n) is 7.52. The average Bonchev–Trinajstić information content (AvgIpc) is 4.01. The maximum atomic E-state index is 14.8. The van der Waals surface area contributed by atoms with Crippen molar-refractivity contribution >= 4 is 24.0 Å². The Morgan fingerprint density at radius 2 is 1.36 bits per heavy atom. The van der Waals surface area contributed by atoms with E-state index in [2.05, 4.69) is 35.4 Å². The molecule has 56 heavy (non-hydrogen) atoms. The molecule has 2 aromatic carbocycles. The number of methoxy groups -OCH3 is 2. The van der Waals surface area contributed by atoms with Crippen molar-refractivity contribution < 1.29 is 37.4 Å². The molecule has 4 aromatic rings. The summed E-state index contributed by atoms with van der Waals surface area (Å²) in [6, 6.07) is 14.3. The Balaban J connectivity index is 1.13. The number of aromatic amines is 2. The Bertz CT molecular complexity index is 2030. The molecule has 298 valence electrons. The first-order valence-electron chi connectivity index (χ1n) is 18.7. The summed E-state index contributed by atoms with van der Waals surface area (Å²) in [6.07, 6.45) is 2.18. The van der Waals surface area contributed by atoms with Gasteiger partial charge in [-0.15, -0.1) is 0 Å². The summed E-state index contributed by atoms with van der Waals surface area (Å²) in [5.74, 6) is -5.04. The lowest BCUT2D eigenvalue weighted by Gasteiger charge is -2.30. The highest BCUT2D eigenvalue weighted by molar-refractivity contribution is 5.86. The second-order valence-corrected chi connectivity index (χ2v) is 14.9. The first-order valence-corrected chi connectivity index (χ1v) is 18.7. The molecule has 2 aliphatic rings. The van der Waals surface area contributed by atoms with Crippen LogP contribution in [-0.2, 0) is 19.1 Å². The minimum atomic E-state index is -3.08. The van der Waals surface area contributed by atoms with Crippen LogP contribution in [-0.4, -0.2) is 92.6 Å². The number of nitrogens with zero attached hydrogens (tertiary/aromatic N) is 4. The van der Waals surface area contributed by atoms with Gasteiger partial charge in [-0.2, -0.15) is 0 Å². The van der Waals surface area contributed by atoms with Crippen molar-refractivity contribution in [2.75, 3.05) is 20.8 Å². The lowest BCUT2D eigenvalue weighted by atomic mass is 9.94. The number of halogens is 2. The Labute approximate surface area is 323 Å². The minimum absolute atomic E-state index is 0.129. The SMILES string of the molecule is COC(=O)N[C@H](C(=O)N1CCC[C@H]1c1ncc(-c2ccc(-c3ccc(-c4cnc(C5CC(F)(F)CC5C(=O)N(NC(=O)OC)C(C)C)[nH]4)cc3)cc2)[nH]1)C(C)C. The number of alkyl halides is 2. The Morgan fingerprint density at radius 3 is 1.89 bits per heavy atom. The van der Waals surface area contributed by atoms with Gasteiger partial charge in [0.25, 0.3) is 0 Å². The number of benzene rings is 2. The van der Waals surface area contributed by atoms with Crippen molar-refractivity contribution in [3.05, 3.63) is 72.6 Å². The highest BCUT2D eigenvalue weighted by atomic mass is 19.3. The van der Waals surface area contributed by atoms with Crippen LogP contribution < -0.4 is 10.7 Å². The molecule has 0 radical (unpaired) electrons. The predicted molar refractivity (Wildman–Crippen MR) is 203 cm³/mol. The topological polar surface area (TPSA) is 175 Å². The number of amides is 4. The number of aromatic nitrogens is 4. The van der Waals surface area contributed by atoms with Crippen molar-refractivity contribution in [1.29, 1.82) is 0 Å². The van der Waals surface area contributed by atoms with Crippen molar-refractivity contribution in [2.24, 2.45) is 11.8 Å². The van der Waals surface area contributed by atoms with Crippen LogP contribution in [0.1, 0.15) is 77.0 Å². The number of carbonyl (C=O) groups excluding carboxylic acids is 4. The second kappa shape index (κ2) is 16.5. The zero-order valence-electron chi connectivity index (χ0n) is 32.3. The van der Waals surface area contributed by atoms with Crippen LogP contribution in [0.3, 0.4) is 0 Å².